The highest BCUT2D eigenvalue weighted by atomic mass is 32.2. The maximum Gasteiger partial charge on any atom is 0.249 e. The molecular weight excluding hydrogens is 352 g/mol. The number of hydrogen-bond acceptors (Lipinski definition) is 9. The van der Waals surface area contributed by atoms with Crippen molar-refractivity contribution in [2.45, 2.75) is 30.5 Å². The summed E-state index contributed by atoms with van der Waals surface area (Å²) in [6.45, 7) is 7.13. The van der Waals surface area contributed by atoms with Gasteiger partial charge in [-0.2, -0.15) is 4.98 Å². The van der Waals surface area contributed by atoms with E-state index >= 15 is 0 Å². The van der Waals surface area contributed by atoms with Gasteiger partial charge in [0.2, 0.25) is 15.9 Å². The third kappa shape index (κ3) is 3.58. The first kappa shape index (κ1) is 17.3. The largest absolute Gasteiger partial charge is 0.345 e. The number of aryl methyl sites for hydroxylation is 1. The van der Waals surface area contributed by atoms with Crippen LogP contribution in [0, 0.1) is 0 Å². The van der Waals surface area contributed by atoms with E-state index in [4.69, 9.17) is 9.66 Å². The summed E-state index contributed by atoms with van der Waals surface area (Å²) in [5, 5.41) is 9.75. The van der Waals surface area contributed by atoms with Crippen molar-refractivity contribution in [2.24, 2.45) is 5.14 Å². The highest BCUT2D eigenvalue weighted by Crippen LogP contribution is 2.27. The molecule has 1 atom stereocenters. The molecular formula is C13H20N6O3S2. The number of anilines is 1. The summed E-state index contributed by atoms with van der Waals surface area (Å²) in [5.74, 6) is 1.35. The van der Waals surface area contributed by atoms with E-state index in [1.54, 1.807) is 0 Å². The van der Waals surface area contributed by atoms with Gasteiger partial charge in [-0.1, -0.05) is 23.4 Å². The average molecular weight is 372 g/mol. The molecule has 1 fully saturated rings. The van der Waals surface area contributed by atoms with Crippen molar-refractivity contribution in [1.29, 1.82) is 0 Å². The van der Waals surface area contributed by atoms with Gasteiger partial charge in [0.25, 0.3) is 0 Å². The van der Waals surface area contributed by atoms with Crippen molar-refractivity contribution < 1.29 is 12.9 Å². The lowest BCUT2D eigenvalue weighted by Gasteiger charge is -2.36. The topological polar surface area (TPSA) is 118 Å². The van der Waals surface area contributed by atoms with E-state index in [2.05, 4.69) is 24.9 Å². The molecule has 132 valence electrons. The van der Waals surface area contributed by atoms with Gasteiger partial charge in [0.15, 0.2) is 15.2 Å². The summed E-state index contributed by atoms with van der Waals surface area (Å²) in [6, 6.07) is 0.0521. The second-order valence-corrected chi connectivity index (χ2v) is 8.41. The fraction of sp³-hybridized carbons (Fsp3) is 0.615. The van der Waals surface area contributed by atoms with Crippen LogP contribution in [0.4, 0.5) is 5.13 Å². The summed E-state index contributed by atoms with van der Waals surface area (Å²) in [6.07, 6.45) is 2.06. The van der Waals surface area contributed by atoms with Crippen molar-refractivity contribution >= 4 is 26.5 Å². The molecule has 0 spiro atoms. The standard InChI is InChI=1S/C13H20N6O3S2/c1-3-10-16-12(22-17-10)9(2)18-4-6-19(7-5-18)13-15-8-11(23-13)24(14,20)21/h8-9H,3-7H2,1-2H3,(H2,14,20,21). The van der Waals surface area contributed by atoms with E-state index in [0.29, 0.717) is 16.8 Å². The van der Waals surface area contributed by atoms with Gasteiger partial charge in [0.1, 0.15) is 0 Å². The molecule has 1 aliphatic heterocycles. The molecule has 1 aliphatic rings. The lowest BCUT2D eigenvalue weighted by atomic mass is 10.2. The Morgan fingerprint density at radius 2 is 2.08 bits per heavy atom. The maximum absolute atomic E-state index is 11.4. The first-order chi connectivity index (χ1) is 11.4. The normalized spacial score (nSPS) is 18.0. The molecule has 2 N–H and O–H groups in total. The highest BCUT2D eigenvalue weighted by molar-refractivity contribution is 7.91. The Bertz CT molecular complexity index is 794. The van der Waals surface area contributed by atoms with Crippen LogP contribution in [0.2, 0.25) is 0 Å². The molecule has 24 heavy (non-hydrogen) atoms. The number of hydrogen-bond donors (Lipinski definition) is 1. The second-order valence-electron chi connectivity index (χ2n) is 5.61. The molecule has 0 aliphatic carbocycles. The Hall–Kier alpha value is -1.56. The minimum atomic E-state index is -3.69. The van der Waals surface area contributed by atoms with Crippen molar-refractivity contribution in [1.82, 2.24) is 20.0 Å². The summed E-state index contributed by atoms with van der Waals surface area (Å²) in [5.41, 5.74) is 0. The van der Waals surface area contributed by atoms with Crippen LogP contribution in [-0.2, 0) is 16.4 Å². The van der Waals surface area contributed by atoms with Crippen LogP contribution in [0.25, 0.3) is 0 Å². The van der Waals surface area contributed by atoms with Gasteiger partial charge in [-0.25, -0.2) is 18.5 Å². The van der Waals surface area contributed by atoms with Crippen LogP contribution in [-0.4, -0.2) is 54.6 Å². The van der Waals surface area contributed by atoms with Crippen LogP contribution in [0.5, 0.6) is 0 Å². The number of aromatic nitrogens is 3. The van der Waals surface area contributed by atoms with Crippen LogP contribution >= 0.6 is 11.3 Å². The molecule has 1 saturated heterocycles. The lowest BCUT2D eigenvalue weighted by Crippen LogP contribution is -2.47. The number of sulfonamides is 1. The summed E-state index contributed by atoms with van der Waals surface area (Å²) in [7, 11) is -3.69. The zero-order chi connectivity index (χ0) is 17.3. The van der Waals surface area contributed by atoms with Gasteiger partial charge < -0.3 is 9.42 Å². The van der Waals surface area contributed by atoms with Gasteiger partial charge in [-0.05, 0) is 6.92 Å². The Balaban J connectivity index is 1.62. The maximum atomic E-state index is 11.4. The minimum absolute atomic E-state index is 0.0521. The molecule has 2 aromatic rings. The fourth-order valence-corrected chi connectivity index (χ4v) is 4.16. The van der Waals surface area contributed by atoms with E-state index < -0.39 is 10.0 Å². The molecule has 3 heterocycles. The fourth-order valence-electron chi connectivity index (χ4n) is 2.57. The van der Waals surface area contributed by atoms with E-state index in [1.807, 2.05) is 13.8 Å². The molecule has 0 saturated carbocycles. The molecule has 1 unspecified atom stereocenters. The average Bonchev–Trinajstić information content (AvgIpc) is 3.23. The Kier molecular flexibility index (Phi) is 4.85. The quantitative estimate of drug-likeness (QED) is 0.811. The molecule has 11 heteroatoms. The van der Waals surface area contributed by atoms with Crippen molar-refractivity contribution in [3.63, 3.8) is 0 Å². The van der Waals surface area contributed by atoms with Crippen LogP contribution in [0.15, 0.2) is 14.9 Å². The van der Waals surface area contributed by atoms with Gasteiger partial charge in [0, 0.05) is 32.6 Å². The number of thiazole rings is 1. The Morgan fingerprint density at radius 3 is 2.62 bits per heavy atom. The van der Waals surface area contributed by atoms with Crippen molar-refractivity contribution in [3.05, 3.63) is 17.9 Å². The van der Waals surface area contributed by atoms with Crippen LogP contribution in [0.3, 0.4) is 0 Å². The summed E-state index contributed by atoms with van der Waals surface area (Å²) in [4.78, 5) is 12.9. The van der Waals surface area contributed by atoms with Crippen LogP contribution < -0.4 is 10.0 Å². The first-order valence-corrected chi connectivity index (χ1v) is 10.0. The molecule has 0 bridgehead atoms. The third-order valence-electron chi connectivity index (χ3n) is 4.04. The lowest BCUT2D eigenvalue weighted by molar-refractivity contribution is 0.164. The number of nitrogens with two attached hydrogens (primary N) is 1. The molecule has 9 nitrogen and oxygen atoms in total. The molecule has 3 rings (SSSR count). The Morgan fingerprint density at radius 1 is 1.38 bits per heavy atom. The summed E-state index contributed by atoms with van der Waals surface area (Å²) < 4.78 is 28.1. The number of piperazine rings is 1. The van der Waals surface area contributed by atoms with Gasteiger partial charge in [-0.15, -0.1) is 0 Å². The molecule has 2 aromatic heterocycles. The highest BCUT2D eigenvalue weighted by Gasteiger charge is 2.27. The SMILES string of the molecule is CCc1noc(C(C)N2CCN(c3ncc(S(N)(=O)=O)s3)CC2)n1. The third-order valence-corrected chi connectivity index (χ3v) is 6.51. The van der Waals surface area contributed by atoms with E-state index in [1.165, 1.54) is 6.20 Å². The van der Waals surface area contributed by atoms with E-state index in [9.17, 15) is 8.42 Å². The van der Waals surface area contributed by atoms with E-state index in [0.717, 1.165) is 43.9 Å². The minimum Gasteiger partial charge on any atom is -0.345 e. The Labute approximate surface area is 144 Å². The molecule has 0 amide bonds. The van der Waals surface area contributed by atoms with Gasteiger partial charge in [-0.3, -0.25) is 4.90 Å². The predicted molar refractivity (Wildman–Crippen MR) is 89.4 cm³/mol. The van der Waals surface area contributed by atoms with Crippen molar-refractivity contribution in [2.75, 3.05) is 31.1 Å². The number of rotatable bonds is 5. The monoisotopic (exact) mass is 372 g/mol. The predicted octanol–water partition coefficient (Wildman–Crippen LogP) is 0.619. The summed E-state index contributed by atoms with van der Waals surface area (Å²) >= 11 is 1.10. The smallest absolute Gasteiger partial charge is 0.249 e. The molecule has 0 aromatic carbocycles. The van der Waals surface area contributed by atoms with Gasteiger partial charge in [0.05, 0.1) is 12.2 Å². The molecule has 0 radical (unpaired) electrons. The van der Waals surface area contributed by atoms with E-state index in [-0.39, 0.29) is 10.3 Å². The van der Waals surface area contributed by atoms with Crippen molar-refractivity contribution in [3.8, 4) is 0 Å². The first-order valence-electron chi connectivity index (χ1n) is 7.68. The van der Waals surface area contributed by atoms with Gasteiger partial charge >= 0.3 is 0 Å². The second kappa shape index (κ2) is 6.75. The zero-order valence-electron chi connectivity index (χ0n) is 13.5. The zero-order valence-corrected chi connectivity index (χ0v) is 15.2. The number of nitrogens with zero attached hydrogens (tertiary/aromatic N) is 5. The number of primary sulfonamides is 1. The van der Waals surface area contributed by atoms with Crippen LogP contribution in [0.1, 0.15) is 31.6 Å².